The quantitative estimate of drug-likeness (QED) is 0.0207. The highest BCUT2D eigenvalue weighted by Gasteiger charge is 2.32. The van der Waals surface area contributed by atoms with Crippen molar-refractivity contribution < 1.29 is 38.0 Å². The average Bonchev–Trinajstić information content (AvgIpc) is 3.26. The fraction of sp³-hybridized carbons (Fsp3) is 0.909. The van der Waals surface area contributed by atoms with Crippen molar-refractivity contribution in [3.05, 3.63) is 24.3 Å². The van der Waals surface area contributed by atoms with Crippen LogP contribution in [0.5, 0.6) is 0 Å². The zero-order valence-electron chi connectivity index (χ0n) is 43.6. The SMILES string of the molecule is CCCCCCC/C=C\C/C=C\CCCCCCCCCCCCCCCCCCCC(=O)NC(COP(=O)(O)OCC[N+](C)(C)C)C(O)C(O)CCCCCCCCCCCCCC. The maximum absolute atomic E-state index is 13.0. The molecule has 0 aliphatic heterocycles. The van der Waals surface area contributed by atoms with E-state index < -0.39 is 32.7 Å². The summed E-state index contributed by atoms with van der Waals surface area (Å²) in [6.07, 6.45) is 54.0. The van der Waals surface area contributed by atoms with Crippen molar-refractivity contribution in [2.75, 3.05) is 40.9 Å². The standard InChI is InChI=1S/C55H109N2O7P/c1-6-8-10-12-14-16-18-20-21-22-23-24-25-26-27-28-29-30-31-32-33-34-35-36-38-40-42-44-46-48-54(59)56-52(51-64-65(61,62)63-50-49-57(3,4)5)55(60)53(58)47-45-43-41-39-37-19-17-15-13-11-9-7-2/h18,20,22-23,52-53,55,58,60H,6-17,19,21,24-51H2,1-5H3,(H-,56,59,61,62)/p+1/b20-18-,23-22-. The summed E-state index contributed by atoms with van der Waals surface area (Å²) in [6.45, 7) is 4.62. The van der Waals surface area contributed by atoms with Gasteiger partial charge in [-0.3, -0.25) is 13.8 Å². The van der Waals surface area contributed by atoms with Crippen LogP contribution in [0.2, 0.25) is 0 Å². The smallest absolute Gasteiger partial charge is 0.390 e. The first-order valence-electron chi connectivity index (χ1n) is 27.8. The zero-order chi connectivity index (χ0) is 48.0. The largest absolute Gasteiger partial charge is 0.472 e. The number of phosphoric acid groups is 1. The summed E-state index contributed by atoms with van der Waals surface area (Å²) in [5.41, 5.74) is 0. The Bertz CT molecular complexity index is 1130. The molecule has 65 heavy (non-hydrogen) atoms. The van der Waals surface area contributed by atoms with Crippen LogP contribution in [-0.2, 0) is 18.4 Å². The molecule has 0 spiro atoms. The lowest BCUT2D eigenvalue weighted by atomic mass is 9.99. The molecule has 0 radical (unpaired) electrons. The molecule has 0 saturated carbocycles. The van der Waals surface area contributed by atoms with Crippen molar-refractivity contribution >= 4 is 13.7 Å². The second kappa shape index (κ2) is 46.7. The number of aliphatic hydroxyl groups is 2. The number of likely N-dealkylation sites (N-methyl/N-ethyl adjacent to an activating group) is 1. The molecule has 0 aromatic carbocycles. The Morgan fingerprint density at radius 3 is 1.31 bits per heavy atom. The summed E-state index contributed by atoms with van der Waals surface area (Å²) >= 11 is 0. The van der Waals surface area contributed by atoms with Crippen LogP contribution in [0.25, 0.3) is 0 Å². The van der Waals surface area contributed by atoms with Crippen LogP contribution in [0.3, 0.4) is 0 Å². The number of nitrogens with zero attached hydrogens (tertiary/aromatic N) is 1. The van der Waals surface area contributed by atoms with E-state index in [9.17, 15) is 24.5 Å². The molecular weight excluding hydrogens is 832 g/mol. The predicted octanol–water partition coefficient (Wildman–Crippen LogP) is 15.4. The molecule has 4 atom stereocenters. The van der Waals surface area contributed by atoms with Gasteiger partial charge in [-0.05, 0) is 44.9 Å². The Labute approximate surface area is 403 Å². The topological polar surface area (TPSA) is 125 Å². The number of rotatable bonds is 51. The van der Waals surface area contributed by atoms with Gasteiger partial charge in [0.1, 0.15) is 19.3 Å². The van der Waals surface area contributed by atoms with Crippen LogP contribution in [0.4, 0.5) is 0 Å². The number of amides is 1. The van der Waals surface area contributed by atoms with Crippen molar-refractivity contribution in [2.24, 2.45) is 0 Å². The lowest BCUT2D eigenvalue weighted by Gasteiger charge is -2.28. The van der Waals surface area contributed by atoms with Gasteiger partial charge in [-0.25, -0.2) is 4.57 Å². The molecule has 4 unspecified atom stereocenters. The van der Waals surface area contributed by atoms with Gasteiger partial charge >= 0.3 is 7.82 Å². The number of allylic oxidation sites excluding steroid dienone is 4. The third-order valence-electron chi connectivity index (χ3n) is 12.8. The number of nitrogens with one attached hydrogen (secondary N) is 1. The number of carbonyl (C=O) groups is 1. The predicted molar refractivity (Wildman–Crippen MR) is 278 cm³/mol. The molecule has 0 heterocycles. The van der Waals surface area contributed by atoms with Gasteiger partial charge in [0.15, 0.2) is 0 Å². The van der Waals surface area contributed by atoms with E-state index in [1.165, 1.54) is 193 Å². The fourth-order valence-corrected chi connectivity index (χ4v) is 9.09. The van der Waals surface area contributed by atoms with Gasteiger partial charge in [0.2, 0.25) is 5.91 Å². The summed E-state index contributed by atoms with van der Waals surface area (Å²) in [6, 6.07) is -1.03. The number of unbranched alkanes of at least 4 members (excludes halogenated alkanes) is 33. The van der Waals surface area contributed by atoms with E-state index in [4.69, 9.17) is 9.05 Å². The second-order valence-electron chi connectivity index (χ2n) is 20.5. The molecule has 0 rings (SSSR count). The molecule has 0 aromatic rings. The number of phosphoric ester groups is 1. The van der Waals surface area contributed by atoms with E-state index in [1.54, 1.807) is 0 Å². The molecule has 0 bridgehead atoms. The van der Waals surface area contributed by atoms with Crippen molar-refractivity contribution in [2.45, 2.75) is 283 Å². The zero-order valence-corrected chi connectivity index (χ0v) is 44.5. The Hall–Kier alpha value is -1.06. The Morgan fingerprint density at radius 2 is 0.908 bits per heavy atom. The van der Waals surface area contributed by atoms with E-state index in [0.717, 1.165) is 44.9 Å². The molecule has 0 aliphatic rings. The van der Waals surface area contributed by atoms with E-state index in [0.29, 0.717) is 23.9 Å². The van der Waals surface area contributed by atoms with Gasteiger partial charge in [-0.15, -0.1) is 0 Å². The minimum Gasteiger partial charge on any atom is -0.390 e. The van der Waals surface area contributed by atoms with Crippen LogP contribution >= 0.6 is 7.82 Å². The van der Waals surface area contributed by atoms with E-state index in [1.807, 2.05) is 21.1 Å². The molecule has 9 nitrogen and oxygen atoms in total. The van der Waals surface area contributed by atoms with Crippen LogP contribution in [-0.4, -0.2) is 84.6 Å². The normalized spacial score (nSPS) is 14.6. The van der Waals surface area contributed by atoms with Gasteiger partial charge in [0.05, 0.1) is 39.9 Å². The van der Waals surface area contributed by atoms with Gasteiger partial charge in [-0.1, -0.05) is 237 Å². The van der Waals surface area contributed by atoms with E-state index in [2.05, 4.69) is 43.5 Å². The van der Waals surface area contributed by atoms with Crippen LogP contribution in [0.15, 0.2) is 24.3 Å². The third-order valence-corrected chi connectivity index (χ3v) is 13.8. The highest BCUT2D eigenvalue weighted by atomic mass is 31.2. The fourth-order valence-electron chi connectivity index (χ4n) is 8.35. The van der Waals surface area contributed by atoms with Crippen molar-refractivity contribution in [1.29, 1.82) is 0 Å². The first-order chi connectivity index (χ1) is 31.4. The van der Waals surface area contributed by atoms with Crippen molar-refractivity contribution in [3.8, 4) is 0 Å². The maximum Gasteiger partial charge on any atom is 0.472 e. The molecular formula is C55H110N2O7P+. The number of aliphatic hydroxyl groups excluding tert-OH is 2. The van der Waals surface area contributed by atoms with Gasteiger partial charge in [0.25, 0.3) is 0 Å². The monoisotopic (exact) mass is 942 g/mol. The molecule has 4 N–H and O–H groups in total. The number of hydrogen-bond acceptors (Lipinski definition) is 6. The Morgan fingerprint density at radius 1 is 0.538 bits per heavy atom. The van der Waals surface area contributed by atoms with Gasteiger partial charge in [0, 0.05) is 6.42 Å². The first kappa shape index (κ1) is 63.9. The summed E-state index contributed by atoms with van der Waals surface area (Å²) in [7, 11) is 1.44. The highest BCUT2D eigenvalue weighted by Crippen LogP contribution is 2.43. The summed E-state index contributed by atoms with van der Waals surface area (Å²) in [5, 5.41) is 24.8. The minimum atomic E-state index is -4.42. The number of quaternary nitrogens is 1. The van der Waals surface area contributed by atoms with Crippen LogP contribution in [0.1, 0.15) is 264 Å². The number of carbonyl (C=O) groups excluding carboxylic acids is 1. The minimum absolute atomic E-state index is 0.0237. The van der Waals surface area contributed by atoms with E-state index >= 15 is 0 Å². The molecule has 0 aliphatic carbocycles. The first-order valence-corrected chi connectivity index (χ1v) is 29.3. The summed E-state index contributed by atoms with van der Waals surface area (Å²) in [5.74, 6) is -0.255. The summed E-state index contributed by atoms with van der Waals surface area (Å²) < 4.78 is 23.6. The van der Waals surface area contributed by atoms with Gasteiger partial charge in [-0.2, -0.15) is 0 Å². The van der Waals surface area contributed by atoms with Gasteiger partial charge < -0.3 is 24.9 Å². The molecule has 1 amide bonds. The Balaban J connectivity index is 4.14. The van der Waals surface area contributed by atoms with Crippen LogP contribution < -0.4 is 5.32 Å². The van der Waals surface area contributed by atoms with Crippen molar-refractivity contribution in [1.82, 2.24) is 5.32 Å². The molecule has 0 fully saturated rings. The van der Waals surface area contributed by atoms with Crippen molar-refractivity contribution in [3.63, 3.8) is 0 Å². The molecule has 0 saturated heterocycles. The molecule has 10 heteroatoms. The van der Waals surface area contributed by atoms with E-state index in [-0.39, 0.29) is 12.5 Å². The van der Waals surface area contributed by atoms with Crippen LogP contribution in [0, 0.1) is 0 Å². The maximum atomic E-state index is 13.0. The lowest BCUT2D eigenvalue weighted by molar-refractivity contribution is -0.870. The second-order valence-corrected chi connectivity index (χ2v) is 21.9. The Kier molecular flexibility index (Phi) is 45.9. The summed E-state index contributed by atoms with van der Waals surface area (Å²) in [4.78, 5) is 23.3. The lowest BCUT2D eigenvalue weighted by Crippen LogP contribution is -2.51. The number of hydrogen-bond donors (Lipinski definition) is 4. The third kappa shape index (κ3) is 47.8. The highest BCUT2D eigenvalue weighted by molar-refractivity contribution is 7.47. The molecule has 0 aromatic heterocycles. The molecule has 386 valence electrons. The average molecular weight is 942 g/mol.